The second-order valence-corrected chi connectivity index (χ2v) is 6.25. The molecule has 26 heavy (non-hydrogen) atoms. The van der Waals surface area contributed by atoms with Gasteiger partial charge in [0, 0.05) is 24.7 Å². The van der Waals surface area contributed by atoms with Crippen molar-refractivity contribution in [2.75, 3.05) is 33.4 Å². The quantitative estimate of drug-likeness (QED) is 0.725. The van der Waals surface area contributed by atoms with Crippen molar-refractivity contribution >= 4 is 16.9 Å². The van der Waals surface area contributed by atoms with Crippen LogP contribution in [0.2, 0.25) is 0 Å². The van der Waals surface area contributed by atoms with Crippen LogP contribution in [-0.4, -0.2) is 53.8 Å². The fourth-order valence-electron chi connectivity index (χ4n) is 3.30. The molecule has 3 aromatic rings. The van der Waals surface area contributed by atoms with Gasteiger partial charge in [-0.05, 0) is 48.0 Å². The molecule has 0 aliphatic carbocycles. The average molecular weight is 351 g/mol. The number of carbonyl (C=O) groups excluding carboxylic acids is 1. The lowest BCUT2D eigenvalue weighted by atomic mass is 10.1. The Kier molecular flexibility index (Phi) is 4.58. The highest BCUT2D eigenvalue weighted by Gasteiger charge is 2.20. The maximum Gasteiger partial charge on any atom is 0.242 e. The molecule has 0 radical (unpaired) electrons. The number of rotatable bonds is 4. The summed E-state index contributed by atoms with van der Waals surface area (Å²) in [5.74, 6) is 0.894. The highest BCUT2D eigenvalue weighted by Crippen LogP contribution is 2.28. The normalized spacial score (nSPS) is 14.6. The summed E-state index contributed by atoms with van der Waals surface area (Å²) in [6.45, 7) is 2.75. The smallest absolute Gasteiger partial charge is 0.242 e. The Morgan fingerprint density at radius 3 is 2.69 bits per heavy atom. The predicted molar refractivity (Wildman–Crippen MR) is 99.1 cm³/mol. The van der Waals surface area contributed by atoms with E-state index < -0.39 is 0 Å². The van der Waals surface area contributed by atoms with Crippen LogP contribution in [0.5, 0.6) is 5.75 Å². The molecule has 0 unspecified atom stereocenters. The maximum atomic E-state index is 12.8. The van der Waals surface area contributed by atoms with E-state index in [9.17, 15) is 4.79 Å². The molecule has 0 atom stereocenters. The Balaban J connectivity index is 1.72. The lowest BCUT2D eigenvalue weighted by Gasteiger charge is -2.27. The standard InChI is InChI=1S/C20H21N3O3/c1-25-17-6-4-15(5-7-17)18-13-16-3-2-8-21-20(16)23(18)14-19(24)22-9-11-26-12-10-22/h2-8,13H,9-12,14H2,1H3. The molecule has 4 rings (SSSR count). The van der Waals surface area contributed by atoms with Crippen LogP contribution in [0.1, 0.15) is 0 Å². The summed E-state index contributed by atoms with van der Waals surface area (Å²) < 4.78 is 12.6. The molecule has 3 heterocycles. The van der Waals surface area contributed by atoms with Gasteiger partial charge in [0.25, 0.3) is 0 Å². The van der Waals surface area contributed by atoms with Gasteiger partial charge in [-0.25, -0.2) is 4.98 Å². The number of hydrogen-bond acceptors (Lipinski definition) is 4. The first-order valence-electron chi connectivity index (χ1n) is 8.70. The lowest BCUT2D eigenvalue weighted by Crippen LogP contribution is -2.42. The number of benzene rings is 1. The van der Waals surface area contributed by atoms with Gasteiger partial charge in [-0.1, -0.05) is 0 Å². The van der Waals surface area contributed by atoms with Crippen molar-refractivity contribution in [3.05, 3.63) is 48.7 Å². The summed E-state index contributed by atoms with van der Waals surface area (Å²) in [7, 11) is 1.65. The Hall–Kier alpha value is -2.86. The monoisotopic (exact) mass is 351 g/mol. The second kappa shape index (κ2) is 7.17. The molecule has 6 nitrogen and oxygen atoms in total. The van der Waals surface area contributed by atoms with E-state index in [0.717, 1.165) is 28.0 Å². The molecule has 1 saturated heterocycles. The van der Waals surface area contributed by atoms with Gasteiger partial charge in [0.2, 0.25) is 5.91 Å². The van der Waals surface area contributed by atoms with Gasteiger partial charge in [0.15, 0.2) is 0 Å². The predicted octanol–water partition coefficient (Wildman–Crippen LogP) is 2.57. The van der Waals surface area contributed by atoms with Crippen LogP contribution in [0.15, 0.2) is 48.7 Å². The van der Waals surface area contributed by atoms with Crippen LogP contribution in [0, 0.1) is 0 Å². The van der Waals surface area contributed by atoms with Crippen molar-refractivity contribution in [2.24, 2.45) is 0 Å². The Morgan fingerprint density at radius 1 is 1.19 bits per heavy atom. The van der Waals surface area contributed by atoms with Crippen LogP contribution >= 0.6 is 0 Å². The molecular formula is C20H21N3O3. The van der Waals surface area contributed by atoms with E-state index in [2.05, 4.69) is 11.1 Å². The molecule has 0 N–H and O–H groups in total. The zero-order chi connectivity index (χ0) is 17.9. The second-order valence-electron chi connectivity index (χ2n) is 6.25. The SMILES string of the molecule is COc1ccc(-c2cc3cccnc3n2CC(=O)N2CCOCC2)cc1. The van der Waals surface area contributed by atoms with Crippen LogP contribution in [0.25, 0.3) is 22.3 Å². The minimum Gasteiger partial charge on any atom is -0.497 e. The van der Waals surface area contributed by atoms with E-state index in [4.69, 9.17) is 9.47 Å². The lowest BCUT2D eigenvalue weighted by molar-refractivity contribution is -0.135. The van der Waals surface area contributed by atoms with Crippen LogP contribution in [-0.2, 0) is 16.1 Å². The van der Waals surface area contributed by atoms with E-state index >= 15 is 0 Å². The Bertz CT molecular complexity index is 912. The summed E-state index contributed by atoms with van der Waals surface area (Å²) in [6.07, 6.45) is 1.76. The number of amides is 1. The Labute approximate surface area is 152 Å². The van der Waals surface area contributed by atoms with E-state index in [1.54, 1.807) is 13.3 Å². The number of hydrogen-bond donors (Lipinski definition) is 0. The van der Waals surface area contributed by atoms with Gasteiger partial charge in [-0.15, -0.1) is 0 Å². The van der Waals surface area contributed by atoms with Crippen molar-refractivity contribution in [3.63, 3.8) is 0 Å². The van der Waals surface area contributed by atoms with Crippen molar-refractivity contribution < 1.29 is 14.3 Å². The highest BCUT2D eigenvalue weighted by atomic mass is 16.5. The number of fused-ring (bicyclic) bond motifs is 1. The molecule has 6 heteroatoms. The molecular weight excluding hydrogens is 330 g/mol. The topological polar surface area (TPSA) is 56.6 Å². The van der Waals surface area contributed by atoms with Crippen LogP contribution in [0.4, 0.5) is 0 Å². The number of morpholine rings is 1. The minimum atomic E-state index is 0.0891. The van der Waals surface area contributed by atoms with Crippen molar-refractivity contribution in [3.8, 4) is 17.0 Å². The number of nitrogens with zero attached hydrogens (tertiary/aromatic N) is 3. The van der Waals surface area contributed by atoms with Crippen molar-refractivity contribution in [1.29, 1.82) is 0 Å². The minimum absolute atomic E-state index is 0.0891. The molecule has 1 fully saturated rings. The average Bonchev–Trinajstić information content (AvgIpc) is 3.07. The fraction of sp³-hybridized carbons (Fsp3) is 0.300. The van der Waals surface area contributed by atoms with Crippen molar-refractivity contribution in [1.82, 2.24) is 14.5 Å². The van der Waals surface area contributed by atoms with Gasteiger partial charge in [-0.2, -0.15) is 0 Å². The first-order chi connectivity index (χ1) is 12.8. The summed E-state index contributed by atoms with van der Waals surface area (Å²) in [5.41, 5.74) is 2.82. The summed E-state index contributed by atoms with van der Waals surface area (Å²) in [5, 5.41) is 1.02. The van der Waals surface area contributed by atoms with Gasteiger partial charge < -0.3 is 18.9 Å². The van der Waals surface area contributed by atoms with Gasteiger partial charge in [0.1, 0.15) is 17.9 Å². The number of carbonyl (C=O) groups is 1. The number of methoxy groups -OCH3 is 1. The zero-order valence-corrected chi connectivity index (χ0v) is 14.7. The largest absolute Gasteiger partial charge is 0.497 e. The third-order valence-electron chi connectivity index (χ3n) is 4.70. The van der Waals surface area contributed by atoms with E-state index in [1.807, 2.05) is 45.9 Å². The van der Waals surface area contributed by atoms with Crippen LogP contribution in [0.3, 0.4) is 0 Å². The molecule has 1 amide bonds. The summed E-state index contributed by atoms with van der Waals surface area (Å²) in [6, 6.07) is 13.9. The van der Waals surface area contributed by atoms with Crippen molar-refractivity contribution in [2.45, 2.75) is 6.54 Å². The Morgan fingerprint density at radius 2 is 1.96 bits per heavy atom. The van der Waals surface area contributed by atoms with E-state index in [1.165, 1.54) is 0 Å². The number of pyridine rings is 1. The maximum absolute atomic E-state index is 12.8. The summed E-state index contributed by atoms with van der Waals surface area (Å²) in [4.78, 5) is 19.2. The third kappa shape index (κ3) is 3.15. The molecule has 0 spiro atoms. The molecule has 1 aliphatic rings. The van der Waals surface area contributed by atoms with E-state index in [0.29, 0.717) is 26.3 Å². The molecule has 2 aromatic heterocycles. The molecule has 0 saturated carbocycles. The summed E-state index contributed by atoms with van der Waals surface area (Å²) >= 11 is 0. The zero-order valence-electron chi connectivity index (χ0n) is 14.7. The molecule has 1 aromatic carbocycles. The molecule has 1 aliphatic heterocycles. The molecule has 134 valence electrons. The third-order valence-corrected chi connectivity index (χ3v) is 4.70. The van der Waals surface area contributed by atoms with Gasteiger partial charge in [0.05, 0.1) is 26.0 Å². The van der Waals surface area contributed by atoms with Gasteiger partial charge in [-0.3, -0.25) is 4.79 Å². The van der Waals surface area contributed by atoms with Gasteiger partial charge >= 0.3 is 0 Å². The first kappa shape index (κ1) is 16.6. The van der Waals surface area contributed by atoms with Crippen LogP contribution < -0.4 is 4.74 Å². The first-order valence-corrected chi connectivity index (χ1v) is 8.70. The molecule has 0 bridgehead atoms. The fourth-order valence-corrected chi connectivity index (χ4v) is 3.30. The van der Waals surface area contributed by atoms with E-state index in [-0.39, 0.29) is 12.5 Å². The number of ether oxygens (including phenoxy) is 2. The highest BCUT2D eigenvalue weighted by molar-refractivity contribution is 5.87. The number of aromatic nitrogens is 2.